The van der Waals surface area contributed by atoms with Crippen LogP contribution >= 0.6 is 15.9 Å². The van der Waals surface area contributed by atoms with E-state index in [2.05, 4.69) is 36.7 Å². The molecule has 6 nitrogen and oxygen atoms in total. The number of aliphatic imine (C=N–C) groups is 1. The van der Waals surface area contributed by atoms with Crippen molar-refractivity contribution >= 4 is 33.5 Å². The Hall–Kier alpha value is -3.07. The lowest BCUT2D eigenvalue weighted by molar-refractivity contribution is 0.0976. The maximum atomic E-state index is 13.5. The minimum absolute atomic E-state index is 0.0182. The van der Waals surface area contributed by atoms with Crippen molar-refractivity contribution in [2.75, 3.05) is 5.32 Å². The van der Waals surface area contributed by atoms with Crippen LogP contribution in [0.4, 0.5) is 14.5 Å². The van der Waals surface area contributed by atoms with Crippen LogP contribution in [0.1, 0.15) is 34.2 Å². The molecular weight excluding hydrogens is 468 g/mol. The highest BCUT2D eigenvalue weighted by molar-refractivity contribution is 9.10. The summed E-state index contributed by atoms with van der Waals surface area (Å²) in [4.78, 5) is 17.1. The van der Waals surface area contributed by atoms with Crippen LogP contribution in [-0.2, 0) is 13.1 Å². The maximum Gasteiger partial charge on any atom is 0.258 e. The summed E-state index contributed by atoms with van der Waals surface area (Å²) >= 11 is 3.38. The molecule has 31 heavy (non-hydrogen) atoms. The van der Waals surface area contributed by atoms with E-state index in [4.69, 9.17) is 0 Å². The molecule has 0 aliphatic heterocycles. The van der Waals surface area contributed by atoms with Gasteiger partial charge in [0.1, 0.15) is 0 Å². The first-order chi connectivity index (χ1) is 14.8. The van der Waals surface area contributed by atoms with Crippen LogP contribution < -0.4 is 10.6 Å². The molecule has 3 rings (SSSR count). The second kappa shape index (κ2) is 9.82. The highest BCUT2D eigenvalue weighted by atomic mass is 79.9. The number of carbonyl (C=O) groups is 1. The van der Waals surface area contributed by atoms with Gasteiger partial charge in [0.05, 0.1) is 12.2 Å². The molecule has 1 amide bonds. The molecule has 0 saturated carbocycles. The number of hydrogen-bond acceptors (Lipinski definition) is 3. The summed E-state index contributed by atoms with van der Waals surface area (Å²) in [6.07, 6.45) is 0. The van der Waals surface area contributed by atoms with Crippen molar-refractivity contribution in [3.63, 3.8) is 0 Å². The smallest absolute Gasteiger partial charge is 0.258 e. The number of aromatic nitrogens is 2. The highest BCUT2D eigenvalue weighted by Crippen LogP contribution is 2.16. The van der Waals surface area contributed by atoms with E-state index in [0.717, 1.165) is 40.1 Å². The highest BCUT2D eigenvalue weighted by Gasteiger charge is 2.14. The molecule has 9 heteroatoms. The number of rotatable bonds is 5. The molecule has 0 bridgehead atoms. The van der Waals surface area contributed by atoms with Crippen LogP contribution in [0.25, 0.3) is 0 Å². The Bertz CT molecular complexity index is 1130. The minimum Gasteiger partial charge on any atom is -0.326 e. The molecule has 0 aliphatic carbocycles. The van der Waals surface area contributed by atoms with Crippen molar-refractivity contribution in [3.05, 3.63) is 81.1 Å². The first-order valence-electron chi connectivity index (χ1n) is 9.64. The van der Waals surface area contributed by atoms with Crippen LogP contribution in [0.2, 0.25) is 0 Å². The fraction of sp³-hybridized carbons (Fsp3) is 0.227. The Morgan fingerprint density at radius 3 is 2.45 bits per heavy atom. The van der Waals surface area contributed by atoms with Gasteiger partial charge in [-0.05, 0) is 63.2 Å². The van der Waals surface area contributed by atoms with Crippen molar-refractivity contribution in [2.45, 2.75) is 33.9 Å². The predicted molar refractivity (Wildman–Crippen MR) is 120 cm³/mol. The van der Waals surface area contributed by atoms with Gasteiger partial charge in [-0.2, -0.15) is 5.10 Å². The van der Waals surface area contributed by atoms with E-state index in [1.165, 1.54) is 6.07 Å². The summed E-state index contributed by atoms with van der Waals surface area (Å²) in [5.41, 5.74) is 3.50. The minimum atomic E-state index is -1.09. The second-order valence-electron chi connectivity index (χ2n) is 6.84. The molecule has 2 aromatic carbocycles. The van der Waals surface area contributed by atoms with Crippen molar-refractivity contribution in [3.8, 4) is 0 Å². The topological polar surface area (TPSA) is 71.3 Å². The fourth-order valence-electron chi connectivity index (χ4n) is 3.03. The summed E-state index contributed by atoms with van der Waals surface area (Å²) < 4.78 is 29.5. The van der Waals surface area contributed by atoms with Gasteiger partial charge in [0.15, 0.2) is 11.6 Å². The Morgan fingerprint density at radius 1 is 1.13 bits per heavy atom. The number of anilines is 1. The van der Waals surface area contributed by atoms with Crippen molar-refractivity contribution < 1.29 is 13.6 Å². The van der Waals surface area contributed by atoms with Crippen LogP contribution in [0.3, 0.4) is 0 Å². The number of carbonyl (C=O) groups excluding carboxylic acids is 1. The average molecular weight is 490 g/mol. The Balaban J connectivity index is 1.87. The molecule has 162 valence electrons. The Labute approximate surface area is 187 Å². The summed E-state index contributed by atoms with van der Waals surface area (Å²) in [5, 5.41) is 10.2. The molecule has 0 atom stereocenters. The van der Waals surface area contributed by atoms with E-state index in [1.807, 2.05) is 49.7 Å². The van der Waals surface area contributed by atoms with E-state index in [0.29, 0.717) is 5.69 Å². The number of nitrogens with one attached hydrogen (secondary N) is 2. The molecule has 0 radical (unpaired) electrons. The Kier molecular flexibility index (Phi) is 7.17. The lowest BCUT2D eigenvalue weighted by Gasteiger charge is -2.12. The van der Waals surface area contributed by atoms with E-state index >= 15 is 0 Å². The zero-order chi connectivity index (χ0) is 22.5. The van der Waals surface area contributed by atoms with Gasteiger partial charge in [0.2, 0.25) is 5.96 Å². The molecule has 0 spiro atoms. The zero-order valence-electron chi connectivity index (χ0n) is 17.3. The molecule has 0 fully saturated rings. The van der Waals surface area contributed by atoms with E-state index < -0.39 is 17.5 Å². The maximum absolute atomic E-state index is 13.5. The largest absolute Gasteiger partial charge is 0.326 e. The molecule has 1 aromatic heterocycles. The number of benzene rings is 2. The summed E-state index contributed by atoms with van der Waals surface area (Å²) in [5.74, 6) is -2.54. The van der Waals surface area contributed by atoms with Gasteiger partial charge in [-0.25, -0.2) is 13.8 Å². The fourth-order valence-corrected chi connectivity index (χ4v) is 3.29. The lowest BCUT2D eigenvalue weighted by atomic mass is 10.2. The monoisotopic (exact) mass is 489 g/mol. The van der Waals surface area contributed by atoms with Crippen LogP contribution in [-0.4, -0.2) is 21.6 Å². The molecule has 3 aromatic rings. The molecule has 0 saturated heterocycles. The number of nitrogens with zero attached hydrogens (tertiary/aromatic N) is 3. The lowest BCUT2D eigenvalue weighted by Crippen LogP contribution is -2.36. The molecule has 0 unspecified atom stereocenters. The number of hydrogen-bond donors (Lipinski definition) is 2. The quantitative estimate of drug-likeness (QED) is 0.393. The van der Waals surface area contributed by atoms with E-state index in [9.17, 15) is 13.6 Å². The third-order valence-electron chi connectivity index (χ3n) is 4.75. The number of aryl methyl sites for hydroxylation is 2. The molecule has 1 heterocycles. The van der Waals surface area contributed by atoms with Gasteiger partial charge in [-0.1, -0.05) is 15.9 Å². The van der Waals surface area contributed by atoms with Crippen molar-refractivity contribution in [2.24, 2.45) is 4.99 Å². The number of halogens is 3. The first-order valence-corrected chi connectivity index (χ1v) is 10.4. The molecule has 0 aliphatic rings. The second-order valence-corrected chi connectivity index (χ2v) is 7.76. The molecule has 2 N–H and O–H groups in total. The third kappa shape index (κ3) is 5.55. The molecular formula is C22H22BrF2N5O. The first kappa shape index (κ1) is 22.6. The van der Waals surface area contributed by atoms with Gasteiger partial charge in [0, 0.05) is 33.5 Å². The van der Waals surface area contributed by atoms with Gasteiger partial charge in [-0.15, -0.1) is 0 Å². The van der Waals surface area contributed by atoms with E-state index in [1.54, 1.807) is 0 Å². The van der Waals surface area contributed by atoms with Crippen LogP contribution in [0, 0.1) is 25.5 Å². The van der Waals surface area contributed by atoms with Crippen LogP contribution in [0.15, 0.2) is 51.9 Å². The van der Waals surface area contributed by atoms with Gasteiger partial charge < -0.3 is 5.32 Å². The normalized spacial score (nSPS) is 11.5. The van der Waals surface area contributed by atoms with Gasteiger partial charge >= 0.3 is 0 Å². The third-order valence-corrected chi connectivity index (χ3v) is 5.28. The average Bonchev–Trinajstić information content (AvgIpc) is 3.02. The van der Waals surface area contributed by atoms with E-state index in [-0.39, 0.29) is 18.1 Å². The SMILES string of the molecule is CCn1nc(C)c(CN=C(NC(=O)c2ccc(F)c(F)c2)Nc2ccc(Br)cc2)c1C. The van der Waals surface area contributed by atoms with Gasteiger partial charge in [0.25, 0.3) is 5.91 Å². The number of amides is 1. The van der Waals surface area contributed by atoms with Crippen molar-refractivity contribution in [1.82, 2.24) is 15.1 Å². The summed E-state index contributed by atoms with van der Waals surface area (Å²) in [6, 6.07) is 10.3. The number of guanidine groups is 1. The summed E-state index contributed by atoms with van der Waals surface area (Å²) in [7, 11) is 0. The summed E-state index contributed by atoms with van der Waals surface area (Å²) in [6.45, 7) is 6.92. The Morgan fingerprint density at radius 2 is 1.84 bits per heavy atom. The van der Waals surface area contributed by atoms with Crippen molar-refractivity contribution in [1.29, 1.82) is 0 Å². The van der Waals surface area contributed by atoms with Crippen LogP contribution in [0.5, 0.6) is 0 Å². The standard InChI is InChI=1S/C22H22BrF2N5O/c1-4-30-14(3)18(13(2)29-30)12-26-22(27-17-8-6-16(23)7-9-17)28-21(31)15-5-10-19(24)20(25)11-15/h5-11H,4,12H2,1-3H3,(H2,26,27,28,31). The predicted octanol–water partition coefficient (Wildman–Crippen LogP) is 4.96. The zero-order valence-corrected chi connectivity index (χ0v) is 18.9. The van der Waals surface area contributed by atoms with Gasteiger partial charge in [-0.3, -0.25) is 14.8 Å².